The van der Waals surface area contributed by atoms with Crippen molar-refractivity contribution in [2.45, 2.75) is 19.1 Å². The van der Waals surface area contributed by atoms with Crippen LogP contribution in [-0.4, -0.2) is 42.2 Å². The molecule has 1 atom stereocenters. The summed E-state index contributed by atoms with van der Waals surface area (Å²) in [5.41, 5.74) is 2.92. The van der Waals surface area contributed by atoms with Crippen molar-refractivity contribution in [3.05, 3.63) is 63.6 Å². The summed E-state index contributed by atoms with van der Waals surface area (Å²) in [6.07, 6.45) is 0.111. The first-order valence-corrected chi connectivity index (χ1v) is 9.61. The van der Waals surface area contributed by atoms with Crippen molar-refractivity contribution >= 4 is 34.9 Å². The van der Waals surface area contributed by atoms with Crippen molar-refractivity contribution in [2.75, 3.05) is 31.6 Å². The van der Waals surface area contributed by atoms with Crippen LogP contribution in [0.1, 0.15) is 23.7 Å². The second-order valence-electron chi connectivity index (χ2n) is 6.48. The Kier molecular flexibility index (Phi) is 6.96. The van der Waals surface area contributed by atoms with E-state index in [1.807, 2.05) is 42.5 Å². The molecule has 7 heteroatoms. The zero-order chi connectivity index (χ0) is 19.2. The minimum Gasteiger partial charge on any atom is -0.481 e. The minimum atomic E-state index is -0.771. The van der Waals surface area contributed by atoms with Crippen LogP contribution < -0.4 is 5.32 Å². The van der Waals surface area contributed by atoms with Gasteiger partial charge in [-0.2, -0.15) is 0 Å². The smallest absolute Gasteiger partial charge is 0.304 e. The van der Waals surface area contributed by atoms with Gasteiger partial charge in [0.2, 0.25) is 0 Å². The van der Waals surface area contributed by atoms with Crippen LogP contribution in [0.15, 0.2) is 42.5 Å². The van der Waals surface area contributed by atoms with Crippen molar-refractivity contribution in [2.24, 2.45) is 0 Å². The first kappa shape index (κ1) is 20.0. The van der Waals surface area contributed by atoms with Gasteiger partial charge < -0.3 is 15.2 Å². The van der Waals surface area contributed by atoms with Crippen molar-refractivity contribution < 1.29 is 14.6 Å². The number of aliphatic carboxylic acids is 1. The van der Waals surface area contributed by atoms with E-state index in [9.17, 15) is 4.79 Å². The molecule has 2 aromatic carbocycles. The lowest BCUT2D eigenvalue weighted by Gasteiger charge is -2.32. The molecular formula is C20H22Cl2N2O3. The Morgan fingerprint density at radius 1 is 1.19 bits per heavy atom. The van der Waals surface area contributed by atoms with Gasteiger partial charge >= 0.3 is 5.97 Å². The molecule has 27 heavy (non-hydrogen) atoms. The fourth-order valence-corrected chi connectivity index (χ4v) is 3.60. The van der Waals surface area contributed by atoms with E-state index in [0.717, 1.165) is 23.4 Å². The molecule has 0 bridgehead atoms. The Labute approximate surface area is 168 Å². The molecule has 0 spiro atoms. The Morgan fingerprint density at radius 3 is 2.56 bits per heavy atom. The molecule has 1 aliphatic rings. The predicted molar refractivity (Wildman–Crippen MR) is 108 cm³/mol. The molecule has 0 aromatic heterocycles. The standard InChI is InChI=1S/C20H22Cl2N2O3/c21-17-2-1-3-18(22)16(17)12-23-15-6-4-14(5-7-15)19-13-24(10-11-27-19)9-8-20(25)26/h1-7,19,23H,8-13H2,(H,25,26). The summed E-state index contributed by atoms with van der Waals surface area (Å²) >= 11 is 12.4. The molecule has 0 radical (unpaired) electrons. The Bertz CT molecular complexity index is 763. The number of nitrogens with zero attached hydrogens (tertiary/aromatic N) is 1. The molecule has 144 valence electrons. The third-order valence-electron chi connectivity index (χ3n) is 4.61. The van der Waals surface area contributed by atoms with E-state index in [-0.39, 0.29) is 12.5 Å². The van der Waals surface area contributed by atoms with Gasteiger partial charge in [0.05, 0.1) is 19.1 Å². The zero-order valence-electron chi connectivity index (χ0n) is 14.8. The van der Waals surface area contributed by atoms with E-state index in [4.69, 9.17) is 33.0 Å². The fraction of sp³-hybridized carbons (Fsp3) is 0.350. The number of rotatable bonds is 7. The third kappa shape index (κ3) is 5.59. The van der Waals surface area contributed by atoms with E-state index >= 15 is 0 Å². The average molecular weight is 409 g/mol. The number of benzene rings is 2. The highest BCUT2D eigenvalue weighted by Crippen LogP contribution is 2.27. The summed E-state index contributed by atoms with van der Waals surface area (Å²) in [6, 6.07) is 13.5. The maximum Gasteiger partial charge on any atom is 0.304 e. The van der Waals surface area contributed by atoms with Gasteiger partial charge in [-0.1, -0.05) is 41.4 Å². The largest absolute Gasteiger partial charge is 0.481 e. The van der Waals surface area contributed by atoms with E-state index in [1.165, 1.54) is 0 Å². The summed E-state index contributed by atoms with van der Waals surface area (Å²) in [5.74, 6) is -0.771. The van der Waals surface area contributed by atoms with Gasteiger partial charge in [0.1, 0.15) is 0 Å². The highest BCUT2D eigenvalue weighted by atomic mass is 35.5. The Morgan fingerprint density at radius 2 is 1.89 bits per heavy atom. The number of nitrogens with one attached hydrogen (secondary N) is 1. The zero-order valence-corrected chi connectivity index (χ0v) is 16.3. The highest BCUT2D eigenvalue weighted by molar-refractivity contribution is 6.36. The summed E-state index contributed by atoms with van der Waals surface area (Å²) in [7, 11) is 0. The second-order valence-corrected chi connectivity index (χ2v) is 7.29. The summed E-state index contributed by atoms with van der Waals surface area (Å²) in [5, 5.41) is 13.5. The highest BCUT2D eigenvalue weighted by Gasteiger charge is 2.22. The summed E-state index contributed by atoms with van der Waals surface area (Å²) in [4.78, 5) is 12.9. The number of carboxylic acid groups (broad SMARTS) is 1. The molecule has 0 saturated carbocycles. The predicted octanol–water partition coefficient (Wildman–Crippen LogP) is 4.45. The lowest BCUT2D eigenvalue weighted by Crippen LogP contribution is -2.39. The maximum absolute atomic E-state index is 10.8. The first-order valence-electron chi connectivity index (χ1n) is 8.85. The molecule has 1 unspecified atom stereocenters. The van der Waals surface area contributed by atoms with Crippen LogP contribution in [0.25, 0.3) is 0 Å². The molecule has 1 saturated heterocycles. The number of carboxylic acids is 1. The lowest BCUT2D eigenvalue weighted by atomic mass is 10.1. The number of carbonyl (C=O) groups is 1. The second kappa shape index (κ2) is 9.42. The minimum absolute atomic E-state index is 0.0420. The molecule has 5 nitrogen and oxygen atoms in total. The molecule has 1 heterocycles. The van der Waals surface area contributed by atoms with Crippen molar-refractivity contribution in [3.8, 4) is 0 Å². The van der Waals surface area contributed by atoms with E-state index in [2.05, 4.69) is 10.2 Å². The van der Waals surface area contributed by atoms with E-state index in [1.54, 1.807) is 0 Å². The third-order valence-corrected chi connectivity index (χ3v) is 5.31. The topological polar surface area (TPSA) is 61.8 Å². The fourth-order valence-electron chi connectivity index (χ4n) is 3.07. The van der Waals surface area contributed by atoms with Crippen LogP contribution in [0.4, 0.5) is 5.69 Å². The van der Waals surface area contributed by atoms with Gasteiger partial charge in [-0.05, 0) is 29.8 Å². The molecule has 2 aromatic rings. The molecular weight excluding hydrogens is 387 g/mol. The molecule has 2 N–H and O–H groups in total. The van der Waals surface area contributed by atoms with Crippen molar-refractivity contribution in [3.63, 3.8) is 0 Å². The van der Waals surface area contributed by atoms with Gasteiger partial charge in [-0.3, -0.25) is 9.69 Å². The monoisotopic (exact) mass is 408 g/mol. The van der Waals surface area contributed by atoms with Crippen LogP contribution in [0.3, 0.4) is 0 Å². The molecule has 0 aliphatic carbocycles. The molecule has 1 aliphatic heterocycles. The first-order chi connectivity index (χ1) is 13.0. The van der Waals surface area contributed by atoms with Crippen LogP contribution in [0.5, 0.6) is 0 Å². The van der Waals surface area contributed by atoms with Gasteiger partial charge in [-0.25, -0.2) is 0 Å². The SMILES string of the molecule is O=C(O)CCN1CCOC(c2ccc(NCc3c(Cl)cccc3Cl)cc2)C1. The number of anilines is 1. The summed E-state index contributed by atoms with van der Waals surface area (Å²) < 4.78 is 5.86. The van der Waals surface area contributed by atoms with Crippen LogP contribution in [0.2, 0.25) is 10.0 Å². The lowest BCUT2D eigenvalue weighted by molar-refractivity contribution is -0.137. The maximum atomic E-state index is 10.8. The number of hydrogen-bond acceptors (Lipinski definition) is 4. The van der Waals surface area contributed by atoms with Crippen LogP contribution >= 0.6 is 23.2 Å². The molecule has 3 rings (SSSR count). The number of halogens is 2. The Hall–Kier alpha value is -1.79. The number of morpholine rings is 1. The number of ether oxygens (including phenoxy) is 1. The number of hydrogen-bond donors (Lipinski definition) is 2. The van der Waals surface area contributed by atoms with Gasteiger partial charge in [0.15, 0.2) is 0 Å². The van der Waals surface area contributed by atoms with Gasteiger partial charge in [0.25, 0.3) is 0 Å². The van der Waals surface area contributed by atoms with E-state index in [0.29, 0.717) is 36.3 Å². The van der Waals surface area contributed by atoms with Gasteiger partial charge in [-0.15, -0.1) is 0 Å². The molecule has 0 amide bonds. The Balaban J connectivity index is 1.57. The quantitative estimate of drug-likeness (QED) is 0.708. The molecule has 1 fully saturated rings. The van der Waals surface area contributed by atoms with E-state index < -0.39 is 5.97 Å². The van der Waals surface area contributed by atoms with Crippen LogP contribution in [0, 0.1) is 0 Å². The van der Waals surface area contributed by atoms with Crippen LogP contribution in [-0.2, 0) is 16.1 Å². The normalized spacial score (nSPS) is 17.6. The average Bonchev–Trinajstić information content (AvgIpc) is 2.67. The van der Waals surface area contributed by atoms with Crippen molar-refractivity contribution in [1.82, 2.24) is 4.90 Å². The summed E-state index contributed by atoms with van der Waals surface area (Å²) in [6.45, 7) is 3.17. The van der Waals surface area contributed by atoms with Crippen molar-refractivity contribution in [1.29, 1.82) is 0 Å². The van der Waals surface area contributed by atoms with Gasteiger partial charge in [0, 0.05) is 47.5 Å².